The van der Waals surface area contributed by atoms with E-state index >= 15 is 0 Å². The first-order valence-corrected chi connectivity index (χ1v) is 6.95. The quantitative estimate of drug-likeness (QED) is 0.896. The Morgan fingerprint density at radius 2 is 1.75 bits per heavy atom. The number of rotatable bonds is 2. The number of carbonyl (C=O) groups excluding carboxylic acids is 2. The summed E-state index contributed by atoms with van der Waals surface area (Å²) >= 11 is 0. The van der Waals surface area contributed by atoms with Crippen molar-refractivity contribution in [1.82, 2.24) is 10.2 Å². The Balaban J connectivity index is 2.23. The third kappa shape index (κ3) is 3.18. The molecule has 0 bridgehead atoms. The Bertz CT molecular complexity index is 529. The topological polar surface area (TPSA) is 49.4 Å². The molecule has 4 nitrogen and oxygen atoms in total. The Kier molecular flexibility index (Phi) is 3.84. The fourth-order valence-electron chi connectivity index (χ4n) is 2.73. The zero-order chi connectivity index (χ0) is 14.9. The molecule has 0 aromatic heterocycles. The van der Waals surface area contributed by atoms with E-state index in [-0.39, 0.29) is 11.8 Å². The zero-order valence-electron chi connectivity index (χ0n) is 12.6. The summed E-state index contributed by atoms with van der Waals surface area (Å²) in [7, 11) is 0. The second-order valence-corrected chi connectivity index (χ2v) is 6.15. The number of benzene rings is 1. The number of nitrogens with zero attached hydrogens (tertiary/aromatic N) is 1. The number of hydrogen-bond donors (Lipinski definition) is 1. The predicted octanol–water partition coefficient (Wildman–Crippen LogP) is 1.93. The monoisotopic (exact) mass is 274 g/mol. The van der Waals surface area contributed by atoms with Crippen LogP contribution in [0.2, 0.25) is 0 Å². The van der Waals surface area contributed by atoms with Crippen LogP contribution in [0.3, 0.4) is 0 Å². The Morgan fingerprint density at radius 3 is 2.35 bits per heavy atom. The van der Waals surface area contributed by atoms with Crippen molar-refractivity contribution in [1.29, 1.82) is 0 Å². The highest BCUT2D eigenvalue weighted by Crippen LogP contribution is 2.17. The lowest BCUT2D eigenvalue weighted by Crippen LogP contribution is -2.52. The number of carbonyl (C=O) groups is 2. The maximum atomic E-state index is 12.5. The molecular formula is C16H22N2O2. The molecule has 0 saturated carbocycles. The molecule has 1 saturated heterocycles. The van der Waals surface area contributed by atoms with Crippen LogP contribution >= 0.6 is 0 Å². The molecule has 1 N–H and O–H groups in total. The number of hydrogen-bond acceptors (Lipinski definition) is 2. The number of nitrogens with one attached hydrogen (secondary N) is 1. The second kappa shape index (κ2) is 5.27. The third-order valence-corrected chi connectivity index (χ3v) is 3.54. The van der Waals surface area contributed by atoms with Crippen molar-refractivity contribution in [2.45, 2.75) is 46.2 Å². The van der Waals surface area contributed by atoms with E-state index < -0.39 is 5.54 Å². The molecule has 0 radical (unpaired) electrons. The molecule has 1 aliphatic heterocycles. The minimum absolute atomic E-state index is 0.0255. The van der Waals surface area contributed by atoms with Crippen LogP contribution in [0, 0.1) is 13.8 Å². The van der Waals surface area contributed by atoms with Gasteiger partial charge in [-0.05, 0) is 33.3 Å². The van der Waals surface area contributed by atoms with Gasteiger partial charge in [-0.15, -0.1) is 0 Å². The first-order valence-electron chi connectivity index (χ1n) is 6.95. The molecule has 1 heterocycles. The summed E-state index contributed by atoms with van der Waals surface area (Å²) in [5, 5.41) is 2.78. The molecule has 0 unspecified atom stereocenters. The van der Waals surface area contributed by atoms with E-state index in [2.05, 4.69) is 37.4 Å². The van der Waals surface area contributed by atoms with Crippen molar-refractivity contribution in [3.63, 3.8) is 0 Å². The number of aryl methyl sites for hydroxylation is 2. The maximum Gasteiger partial charge on any atom is 0.248 e. The molecule has 1 fully saturated rings. The highest BCUT2D eigenvalue weighted by atomic mass is 16.2. The summed E-state index contributed by atoms with van der Waals surface area (Å²) in [6, 6.07) is 6.30. The summed E-state index contributed by atoms with van der Waals surface area (Å²) in [4.78, 5) is 25.9. The van der Waals surface area contributed by atoms with Crippen LogP contribution in [0.5, 0.6) is 0 Å². The van der Waals surface area contributed by atoms with E-state index in [0.717, 1.165) is 5.56 Å². The van der Waals surface area contributed by atoms with Crippen molar-refractivity contribution in [2.24, 2.45) is 0 Å². The highest BCUT2D eigenvalue weighted by Gasteiger charge is 2.36. The summed E-state index contributed by atoms with van der Waals surface area (Å²) in [5.41, 5.74) is 2.67. The van der Waals surface area contributed by atoms with E-state index in [0.29, 0.717) is 19.5 Å². The predicted molar refractivity (Wildman–Crippen MR) is 78.2 cm³/mol. The molecule has 20 heavy (non-hydrogen) atoms. The molecule has 1 aliphatic rings. The zero-order valence-corrected chi connectivity index (χ0v) is 12.6. The average Bonchev–Trinajstić information content (AvgIpc) is 2.39. The van der Waals surface area contributed by atoms with Gasteiger partial charge in [0.2, 0.25) is 11.8 Å². The van der Waals surface area contributed by atoms with E-state index in [1.165, 1.54) is 11.1 Å². The largest absolute Gasteiger partial charge is 0.342 e. The second-order valence-electron chi connectivity index (χ2n) is 6.15. The third-order valence-electron chi connectivity index (χ3n) is 3.54. The molecule has 1 aromatic rings. The van der Waals surface area contributed by atoms with Gasteiger partial charge in [0.05, 0.1) is 0 Å². The van der Waals surface area contributed by atoms with Crippen molar-refractivity contribution in [3.05, 3.63) is 34.9 Å². The smallest absolute Gasteiger partial charge is 0.248 e. The van der Waals surface area contributed by atoms with Gasteiger partial charge in [0.15, 0.2) is 0 Å². The van der Waals surface area contributed by atoms with Gasteiger partial charge in [-0.2, -0.15) is 0 Å². The summed E-state index contributed by atoms with van der Waals surface area (Å²) in [6.45, 7) is 8.65. The molecule has 0 spiro atoms. The van der Waals surface area contributed by atoms with Gasteiger partial charge in [0.1, 0.15) is 5.54 Å². The standard InChI is InChI=1S/C16H22N2O2/c1-11-7-12(2)9-13(8-11)10-18-6-5-14(19)17-16(3,4)15(18)20/h7-9H,5-6,10H2,1-4H3,(H,17,19). The van der Waals surface area contributed by atoms with Crippen LogP contribution < -0.4 is 5.32 Å². The summed E-state index contributed by atoms with van der Waals surface area (Å²) in [5.74, 6) is -0.0891. The molecule has 1 aromatic carbocycles. The van der Waals surface area contributed by atoms with E-state index in [9.17, 15) is 9.59 Å². The van der Waals surface area contributed by atoms with Gasteiger partial charge in [-0.1, -0.05) is 29.3 Å². The Hall–Kier alpha value is -1.84. The van der Waals surface area contributed by atoms with Gasteiger partial charge in [0, 0.05) is 19.5 Å². The first kappa shape index (κ1) is 14.6. The van der Waals surface area contributed by atoms with Gasteiger partial charge < -0.3 is 10.2 Å². The Morgan fingerprint density at radius 1 is 1.15 bits per heavy atom. The van der Waals surface area contributed by atoms with E-state index in [1.54, 1.807) is 18.7 Å². The minimum atomic E-state index is -0.827. The van der Waals surface area contributed by atoms with Crippen molar-refractivity contribution in [2.75, 3.05) is 6.54 Å². The van der Waals surface area contributed by atoms with Crippen LogP contribution in [0.4, 0.5) is 0 Å². The van der Waals surface area contributed by atoms with Crippen molar-refractivity contribution in [3.8, 4) is 0 Å². The molecule has 108 valence electrons. The molecule has 0 atom stereocenters. The van der Waals surface area contributed by atoms with E-state index in [4.69, 9.17) is 0 Å². The maximum absolute atomic E-state index is 12.5. The molecule has 0 aliphatic carbocycles. The first-order chi connectivity index (χ1) is 9.28. The lowest BCUT2D eigenvalue weighted by Gasteiger charge is -2.29. The number of amides is 2. The fraction of sp³-hybridized carbons (Fsp3) is 0.500. The summed E-state index contributed by atoms with van der Waals surface area (Å²) < 4.78 is 0. The molecule has 2 rings (SSSR count). The average molecular weight is 274 g/mol. The lowest BCUT2D eigenvalue weighted by molar-refractivity contribution is -0.137. The fourth-order valence-corrected chi connectivity index (χ4v) is 2.73. The highest BCUT2D eigenvalue weighted by molar-refractivity contribution is 5.92. The van der Waals surface area contributed by atoms with Crippen LogP contribution in [0.15, 0.2) is 18.2 Å². The van der Waals surface area contributed by atoms with Gasteiger partial charge in [0.25, 0.3) is 0 Å². The molecule has 4 heteroatoms. The van der Waals surface area contributed by atoms with E-state index in [1.807, 2.05) is 0 Å². The van der Waals surface area contributed by atoms with Gasteiger partial charge in [-0.25, -0.2) is 0 Å². The van der Waals surface area contributed by atoms with Crippen LogP contribution in [0.1, 0.15) is 37.0 Å². The Labute approximate surface area is 120 Å². The van der Waals surface area contributed by atoms with Crippen molar-refractivity contribution < 1.29 is 9.59 Å². The van der Waals surface area contributed by atoms with Crippen LogP contribution in [-0.4, -0.2) is 28.8 Å². The normalized spacial score (nSPS) is 18.7. The van der Waals surface area contributed by atoms with Crippen molar-refractivity contribution >= 4 is 11.8 Å². The SMILES string of the molecule is Cc1cc(C)cc(CN2CCC(=O)NC(C)(C)C2=O)c1. The van der Waals surface area contributed by atoms with Crippen LogP contribution in [-0.2, 0) is 16.1 Å². The molecule has 2 amide bonds. The van der Waals surface area contributed by atoms with Crippen LogP contribution in [0.25, 0.3) is 0 Å². The van der Waals surface area contributed by atoms with Gasteiger partial charge >= 0.3 is 0 Å². The molecular weight excluding hydrogens is 252 g/mol. The minimum Gasteiger partial charge on any atom is -0.342 e. The summed E-state index contributed by atoms with van der Waals surface area (Å²) in [6.07, 6.45) is 0.361. The lowest BCUT2D eigenvalue weighted by atomic mass is 10.0. The van der Waals surface area contributed by atoms with Gasteiger partial charge in [-0.3, -0.25) is 9.59 Å².